The van der Waals surface area contributed by atoms with Crippen molar-refractivity contribution in [3.8, 4) is 5.75 Å². The second-order valence-corrected chi connectivity index (χ2v) is 13.2. The van der Waals surface area contributed by atoms with E-state index in [2.05, 4.69) is 32.8 Å². The lowest BCUT2D eigenvalue weighted by Gasteiger charge is -2.26. The first-order chi connectivity index (χ1) is 20.8. The number of rotatable bonds is 7. The number of halogens is 1. The first kappa shape index (κ1) is 29.3. The highest BCUT2D eigenvalue weighted by Crippen LogP contribution is 2.39. The van der Waals surface area contributed by atoms with Crippen LogP contribution < -0.4 is 14.4 Å². The van der Waals surface area contributed by atoms with Crippen LogP contribution in [0.1, 0.15) is 53.9 Å². The Bertz CT molecular complexity index is 1750. The number of ether oxygens (including phenoxy) is 1. The molecule has 43 heavy (non-hydrogen) atoms. The van der Waals surface area contributed by atoms with E-state index in [1.807, 2.05) is 17.0 Å². The molecular weight excluding hydrogens is 584 g/mol. The summed E-state index contributed by atoms with van der Waals surface area (Å²) < 4.78 is 34.8. The molecule has 3 aromatic carbocycles. The quantitative estimate of drug-likeness (QED) is 0.248. The number of amides is 1. The molecule has 1 saturated heterocycles. The van der Waals surface area contributed by atoms with Crippen LogP contribution in [0.25, 0.3) is 10.9 Å². The summed E-state index contributed by atoms with van der Waals surface area (Å²) in [6, 6.07) is 19.8. The number of carbonyl (C=O) groups excluding carboxylic acids is 1. The molecule has 0 spiro atoms. The maximum Gasteiger partial charge on any atom is 0.264 e. The van der Waals surface area contributed by atoms with Crippen molar-refractivity contribution in [1.82, 2.24) is 9.88 Å². The Hall–Kier alpha value is -3.82. The number of aromatic nitrogens is 1. The van der Waals surface area contributed by atoms with Crippen LogP contribution in [0.3, 0.4) is 0 Å². The Balaban J connectivity index is 1.14. The Kier molecular flexibility index (Phi) is 8.45. The number of fused-ring (bicyclic) bond motifs is 1. The Labute approximate surface area is 257 Å². The van der Waals surface area contributed by atoms with Crippen molar-refractivity contribution < 1.29 is 17.9 Å². The molecule has 2 fully saturated rings. The zero-order valence-electron chi connectivity index (χ0n) is 24.1. The molecule has 10 heteroatoms. The van der Waals surface area contributed by atoms with Crippen molar-refractivity contribution in [1.29, 1.82) is 0 Å². The summed E-state index contributed by atoms with van der Waals surface area (Å²) >= 11 is 6.57. The van der Waals surface area contributed by atoms with Crippen LogP contribution in [0, 0.1) is 0 Å². The molecule has 224 valence electrons. The minimum atomic E-state index is -3.94. The van der Waals surface area contributed by atoms with Gasteiger partial charge in [-0.25, -0.2) is 8.42 Å². The lowest BCUT2D eigenvalue weighted by molar-refractivity contribution is 0.0767. The first-order valence-electron chi connectivity index (χ1n) is 14.7. The fraction of sp³-hybridized carbons (Fsp3) is 0.333. The van der Waals surface area contributed by atoms with Gasteiger partial charge in [-0.05, 0) is 73.2 Å². The number of carbonyl (C=O) groups is 1. The van der Waals surface area contributed by atoms with Gasteiger partial charge in [0, 0.05) is 37.8 Å². The van der Waals surface area contributed by atoms with Crippen LogP contribution in [-0.4, -0.2) is 57.5 Å². The summed E-state index contributed by atoms with van der Waals surface area (Å²) in [5, 5.41) is 0.909. The number of pyridine rings is 1. The van der Waals surface area contributed by atoms with Gasteiger partial charge in [0.25, 0.3) is 15.9 Å². The summed E-state index contributed by atoms with van der Waals surface area (Å²) in [5.74, 6) is 1.31. The molecule has 1 saturated carbocycles. The standard InChI is InChI=1S/C33H35ClN4O4S/c1-42-30-21-25(23-7-2-3-8-23)12-15-29(30)37-17-6-18-38(20-19-37)33(39)27-14-13-26(22-28(27)34)36-43(40,41)31-11-4-9-24-10-5-16-35-32(24)31/h4-5,9-16,21-23,36H,2-3,6-8,17-20H2,1H3. The lowest BCUT2D eigenvalue weighted by Crippen LogP contribution is -2.35. The van der Waals surface area contributed by atoms with Gasteiger partial charge >= 0.3 is 0 Å². The fourth-order valence-corrected chi connectivity index (χ4v) is 7.75. The third kappa shape index (κ3) is 6.15. The van der Waals surface area contributed by atoms with Gasteiger partial charge in [0.2, 0.25) is 0 Å². The second kappa shape index (κ2) is 12.4. The maximum absolute atomic E-state index is 13.5. The van der Waals surface area contributed by atoms with E-state index in [0.717, 1.165) is 29.8 Å². The van der Waals surface area contributed by atoms with Gasteiger partial charge in [-0.3, -0.25) is 14.5 Å². The maximum atomic E-state index is 13.5. The van der Waals surface area contributed by atoms with E-state index in [0.29, 0.717) is 36.6 Å². The number of nitrogens with zero attached hydrogens (tertiary/aromatic N) is 3. The normalized spacial score (nSPS) is 16.3. The highest BCUT2D eigenvalue weighted by atomic mass is 35.5. The Morgan fingerprint density at radius 3 is 2.56 bits per heavy atom. The minimum absolute atomic E-state index is 0.0702. The first-order valence-corrected chi connectivity index (χ1v) is 16.6. The van der Waals surface area contributed by atoms with Crippen LogP contribution in [0.5, 0.6) is 5.75 Å². The Morgan fingerprint density at radius 2 is 1.77 bits per heavy atom. The third-order valence-corrected chi connectivity index (χ3v) is 10.2. The monoisotopic (exact) mass is 618 g/mol. The molecule has 1 aliphatic carbocycles. The largest absolute Gasteiger partial charge is 0.495 e. The third-order valence-electron chi connectivity index (χ3n) is 8.49. The van der Waals surface area contributed by atoms with Crippen molar-refractivity contribution in [3.05, 3.63) is 89.1 Å². The number of methoxy groups -OCH3 is 1. The van der Waals surface area contributed by atoms with E-state index < -0.39 is 10.0 Å². The molecule has 2 aliphatic rings. The molecule has 0 unspecified atom stereocenters. The number of para-hydroxylation sites is 1. The highest BCUT2D eigenvalue weighted by molar-refractivity contribution is 7.93. The summed E-state index contributed by atoms with van der Waals surface area (Å²) in [6.45, 7) is 2.60. The van der Waals surface area contributed by atoms with Crippen molar-refractivity contribution in [2.24, 2.45) is 0 Å². The molecule has 1 aliphatic heterocycles. The van der Waals surface area contributed by atoms with Crippen molar-refractivity contribution in [2.45, 2.75) is 42.9 Å². The molecule has 6 rings (SSSR count). The zero-order chi connectivity index (χ0) is 30.0. The summed E-state index contributed by atoms with van der Waals surface area (Å²) in [4.78, 5) is 22.0. The molecule has 1 N–H and O–H groups in total. The van der Waals surface area contributed by atoms with Crippen molar-refractivity contribution >= 4 is 49.8 Å². The SMILES string of the molecule is COc1cc(C2CCCC2)ccc1N1CCCN(C(=O)c2ccc(NS(=O)(=O)c3cccc4cccnc34)cc2Cl)CC1. The van der Waals surface area contributed by atoms with Crippen molar-refractivity contribution in [3.63, 3.8) is 0 Å². The molecule has 4 aromatic rings. The van der Waals surface area contributed by atoms with Crippen LogP contribution in [0.2, 0.25) is 5.02 Å². The van der Waals surface area contributed by atoms with Gasteiger partial charge < -0.3 is 14.5 Å². The molecular formula is C33H35ClN4O4S. The topological polar surface area (TPSA) is 91.8 Å². The number of hydrogen-bond acceptors (Lipinski definition) is 6. The van der Waals surface area contributed by atoms with Crippen LogP contribution in [-0.2, 0) is 10.0 Å². The second-order valence-electron chi connectivity index (χ2n) is 11.2. The zero-order valence-corrected chi connectivity index (χ0v) is 25.7. The fourth-order valence-electron chi connectivity index (χ4n) is 6.26. The molecule has 1 aromatic heterocycles. The lowest BCUT2D eigenvalue weighted by atomic mass is 9.97. The number of benzene rings is 3. The number of sulfonamides is 1. The van der Waals surface area contributed by atoms with E-state index in [-0.39, 0.29) is 21.5 Å². The highest BCUT2D eigenvalue weighted by Gasteiger charge is 2.26. The summed E-state index contributed by atoms with van der Waals surface area (Å²) in [6.07, 6.45) is 7.41. The average Bonchev–Trinajstić information content (AvgIpc) is 3.45. The van der Waals surface area contributed by atoms with E-state index in [1.54, 1.807) is 37.6 Å². The van der Waals surface area contributed by atoms with E-state index >= 15 is 0 Å². The van der Waals surface area contributed by atoms with Gasteiger partial charge in [0.15, 0.2) is 0 Å². The number of hydrogen-bond donors (Lipinski definition) is 1. The van der Waals surface area contributed by atoms with Crippen molar-refractivity contribution in [2.75, 3.05) is 42.9 Å². The predicted molar refractivity (Wildman–Crippen MR) is 171 cm³/mol. The van der Waals surface area contributed by atoms with Crippen LogP contribution in [0.15, 0.2) is 77.8 Å². The van der Waals surface area contributed by atoms with Gasteiger partial charge in [0.05, 0.1) is 34.6 Å². The summed E-state index contributed by atoms with van der Waals surface area (Å²) in [7, 11) is -2.23. The van der Waals surface area contributed by atoms with Crippen LogP contribution in [0.4, 0.5) is 11.4 Å². The van der Waals surface area contributed by atoms with Crippen LogP contribution >= 0.6 is 11.6 Å². The van der Waals surface area contributed by atoms with Gasteiger partial charge in [-0.1, -0.05) is 48.7 Å². The van der Waals surface area contributed by atoms with E-state index in [1.165, 1.54) is 43.4 Å². The van der Waals surface area contributed by atoms with Gasteiger partial charge in [0.1, 0.15) is 10.6 Å². The van der Waals surface area contributed by atoms with E-state index in [4.69, 9.17) is 16.3 Å². The predicted octanol–water partition coefficient (Wildman–Crippen LogP) is 6.71. The molecule has 1 amide bonds. The van der Waals surface area contributed by atoms with E-state index in [9.17, 15) is 13.2 Å². The molecule has 0 radical (unpaired) electrons. The minimum Gasteiger partial charge on any atom is -0.495 e. The van der Waals surface area contributed by atoms with Gasteiger partial charge in [-0.2, -0.15) is 0 Å². The Morgan fingerprint density at radius 1 is 0.953 bits per heavy atom. The average molecular weight is 619 g/mol. The smallest absolute Gasteiger partial charge is 0.264 e. The number of nitrogens with one attached hydrogen (secondary N) is 1. The molecule has 2 heterocycles. The molecule has 0 bridgehead atoms. The molecule has 8 nitrogen and oxygen atoms in total. The summed E-state index contributed by atoms with van der Waals surface area (Å²) in [5.41, 5.74) is 3.38. The number of anilines is 2. The molecule has 0 atom stereocenters. The van der Waals surface area contributed by atoms with Gasteiger partial charge in [-0.15, -0.1) is 0 Å².